The Morgan fingerprint density at radius 2 is 2.29 bits per heavy atom. The second kappa shape index (κ2) is 5.07. The van der Waals surface area contributed by atoms with Gasteiger partial charge < -0.3 is 9.47 Å². The normalized spacial score (nSPS) is 13.4. The summed E-state index contributed by atoms with van der Waals surface area (Å²) in [5.74, 6) is 0. The Morgan fingerprint density at radius 3 is 2.86 bits per heavy atom. The van der Waals surface area contributed by atoms with Crippen molar-refractivity contribution < 1.29 is 15.6 Å². The van der Waals surface area contributed by atoms with Crippen LogP contribution in [0, 0.1) is 0 Å². The molecule has 0 unspecified atom stereocenters. The fourth-order valence-corrected chi connectivity index (χ4v) is 1.01. The maximum absolute atomic E-state index is 10.9. The molecule has 14 heavy (non-hydrogen) atoms. The number of ether oxygens (including phenoxy) is 2. The molecule has 0 N–H and O–H groups in total. The fourth-order valence-electron chi connectivity index (χ4n) is 1.01. The Morgan fingerprint density at radius 1 is 1.57 bits per heavy atom. The molecule has 0 fully saturated rings. The third-order valence-electron chi connectivity index (χ3n) is 1.69. The van der Waals surface area contributed by atoms with E-state index in [-0.39, 0.29) is 0 Å². The van der Waals surface area contributed by atoms with Gasteiger partial charge in [0.2, 0.25) is 0 Å². The molecule has 0 saturated carbocycles. The third kappa shape index (κ3) is 2.62. The SMILES string of the molecule is [2H]C=C[C@H](OC(=O)OC)c1ccccc1. The summed E-state index contributed by atoms with van der Waals surface area (Å²) in [6.45, 7) is 1.08. The zero-order chi connectivity index (χ0) is 11.1. The van der Waals surface area contributed by atoms with Gasteiger partial charge in [0.1, 0.15) is 6.10 Å². The summed E-state index contributed by atoms with van der Waals surface area (Å²) in [6, 6.07) is 9.16. The third-order valence-corrected chi connectivity index (χ3v) is 1.69. The number of benzene rings is 1. The van der Waals surface area contributed by atoms with Gasteiger partial charge in [0.25, 0.3) is 0 Å². The Kier molecular flexibility index (Phi) is 3.19. The number of methoxy groups -OCH3 is 1. The molecule has 1 rings (SSSR count). The summed E-state index contributed by atoms with van der Waals surface area (Å²) >= 11 is 0. The maximum Gasteiger partial charge on any atom is 0.508 e. The zero-order valence-electron chi connectivity index (χ0n) is 8.84. The lowest BCUT2D eigenvalue weighted by atomic mass is 10.1. The molecule has 1 atom stereocenters. The molecule has 3 heteroatoms. The first-order valence-corrected chi connectivity index (χ1v) is 4.12. The van der Waals surface area contributed by atoms with E-state index in [0.717, 1.165) is 12.1 Å². The van der Waals surface area contributed by atoms with Crippen LogP contribution in [-0.4, -0.2) is 13.3 Å². The molecule has 0 saturated heterocycles. The van der Waals surface area contributed by atoms with Crippen molar-refractivity contribution in [3.63, 3.8) is 0 Å². The van der Waals surface area contributed by atoms with Crippen molar-refractivity contribution in [3.05, 3.63) is 48.5 Å². The van der Waals surface area contributed by atoms with E-state index in [2.05, 4.69) is 4.74 Å². The highest BCUT2D eigenvalue weighted by Gasteiger charge is 2.12. The first-order chi connectivity index (χ1) is 7.27. The Labute approximate surface area is 84.4 Å². The largest absolute Gasteiger partial charge is 0.508 e. The van der Waals surface area contributed by atoms with Crippen LogP contribution in [-0.2, 0) is 9.47 Å². The van der Waals surface area contributed by atoms with Crippen LogP contribution in [0.4, 0.5) is 4.79 Å². The van der Waals surface area contributed by atoms with Gasteiger partial charge in [-0.3, -0.25) is 0 Å². The minimum absolute atomic E-state index is 0.573. The van der Waals surface area contributed by atoms with Crippen molar-refractivity contribution in [1.82, 2.24) is 0 Å². The Bertz CT molecular complexity index is 335. The zero-order valence-corrected chi connectivity index (χ0v) is 7.84. The standard InChI is InChI=1S/C11H12O3/c1-3-10(14-11(12)13-2)9-7-5-4-6-8-9/h3-8,10H,1H2,2H3/t10-/m0/s1/i1D. The van der Waals surface area contributed by atoms with Crippen molar-refractivity contribution in [2.75, 3.05) is 7.11 Å². The van der Waals surface area contributed by atoms with E-state index in [1.54, 1.807) is 0 Å². The number of rotatable bonds is 3. The Hall–Kier alpha value is -1.77. The number of hydrogen-bond acceptors (Lipinski definition) is 3. The van der Waals surface area contributed by atoms with E-state index in [4.69, 9.17) is 6.11 Å². The predicted octanol–water partition coefficient (Wildman–Crippen LogP) is 2.70. The summed E-state index contributed by atoms with van der Waals surface area (Å²) in [6.07, 6.45) is 0.129. The molecule has 3 nitrogen and oxygen atoms in total. The van der Waals surface area contributed by atoms with E-state index in [0.29, 0.717) is 0 Å². The van der Waals surface area contributed by atoms with Gasteiger partial charge in [-0.25, -0.2) is 4.79 Å². The molecule has 74 valence electrons. The Balaban J connectivity index is 2.79. The van der Waals surface area contributed by atoms with Gasteiger partial charge in [-0.05, 0) is 11.6 Å². The molecule has 1 aromatic carbocycles. The molecular formula is C11H12O3. The molecule has 0 aliphatic rings. The van der Waals surface area contributed by atoms with Gasteiger partial charge in [-0.15, -0.1) is 0 Å². The van der Waals surface area contributed by atoms with Crippen LogP contribution in [0.25, 0.3) is 0 Å². The highest BCUT2D eigenvalue weighted by Crippen LogP contribution is 2.18. The molecule has 0 spiro atoms. The molecule has 0 aliphatic heterocycles. The van der Waals surface area contributed by atoms with Crippen molar-refractivity contribution in [3.8, 4) is 0 Å². The highest BCUT2D eigenvalue weighted by atomic mass is 16.7. The minimum Gasteiger partial charge on any atom is -0.438 e. The molecule has 0 amide bonds. The predicted molar refractivity (Wildman–Crippen MR) is 52.9 cm³/mol. The fraction of sp³-hybridized carbons (Fsp3) is 0.182. The summed E-state index contributed by atoms with van der Waals surface area (Å²) in [4.78, 5) is 10.9. The number of hydrogen-bond donors (Lipinski definition) is 0. The van der Waals surface area contributed by atoms with Gasteiger partial charge in [-0.1, -0.05) is 36.9 Å². The lowest BCUT2D eigenvalue weighted by molar-refractivity contribution is 0.0523. The van der Waals surface area contributed by atoms with E-state index >= 15 is 0 Å². The molecule has 1 aromatic rings. The number of carbonyl (C=O) groups excluding carboxylic acids is 1. The van der Waals surface area contributed by atoms with Crippen LogP contribution in [0.15, 0.2) is 43.0 Å². The maximum atomic E-state index is 10.9. The molecular weight excluding hydrogens is 180 g/mol. The van der Waals surface area contributed by atoms with Crippen LogP contribution in [0.3, 0.4) is 0 Å². The van der Waals surface area contributed by atoms with Crippen molar-refractivity contribution in [2.24, 2.45) is 0 Å². The smallest absolute Gasteiger partial charge is 0.438 e. The van der Waals surface area contributed by atoms with Crippen molar-refractivity contribution in [1.29, 1.82) is 0 Å². The van der Waals surface area contributed by atoms with Gasteiger partial charge >= 0.3 is 6.16 Å². The average molecular weight is 193 g/mol. The first-order valence-electron chi connectivity index (χ1n) is 4.70. The van der Waals surface area contributed by atoms with Gasteiger partial charge in [0.05, 0.1) is 8.48 Å². The summed E-state index contributed by atoms with van der Waals surface area (Å²) in [7, 11) is 1.24. The molecule has 0 heterocycles. The second-order valence-electron chi connectivity index (χ2n) is 2.60. The van der Waals surface area contributed by atoms with Crippen LogP contribution in [0.1, 0.15) is 13.0 Å². The van der Waals surface area contributed by atoms with Gasteiger partial charge in [0.15, 0.2) is 0 Å². The van der Waals surface area contributed by atoms with Crippen molar-refractivity contribution >= 4 is 6.16 Å². The quantitative estimate of drug-likeness (QED) is 0.547. The van der Waals surface area contributed by atoms with E-state index in [1.807, 2.05) is 30.3 Å². The van der Waals surface area contributed by atoms with Crippen LogP contribution in [0.2, 0.25) is 0 Å². The second-order valence-corrected chi connectivity index (χ2v) is 2.60. The summed E-state index contributed by atoms with van der Waals surface area (Å²) in [5, 5.41) is 0. The number of carbonyl (C=O) groups is 1. The van der Waals surface area contributed by atoms with Gasteiger partial charge in [-0.2, -0.15) is 0 Å². The van der Waals surface area contributed by atoms with Crippen LogP contribution >= 0.6 is 0 Å². The van der Waals surface area contributed by atoms with Crippen molar-refractivity contribution in [2.45, 2.75) is 6.10 Å². The molecule has 0 bridgehead atoms. The monoisotopic (exact) mass is 193 g/mol. The van der Waals surface area contributed by atoms with Crippen LogP contribution < -0.4 is 0 Å². The first kappa shape index (κ1) is 8.81. The summed E-state index contributed by atoms with van der Waals surface area (Å²) < 4.78 is 16.3. The summed E-state index contributed by atoms with van der Waals surface area (Å²) in [5.41, 5.74) is 0.798. The molecule has 0 aliphatic carbocycles. The van der Waals surface area contributed by atoms with Crippen LogP contribution in [0.5, 0.6) is 0 Å². The lowest BCUT2D eigenvalue weighted by Crippen LogP contribution is -2.09. The average Bonchev–Trinajstić information content (AvgIpc) is 2.29. The lowest BCUT2D eigenvalue weighted by Gasteiger charge is -2.12. The highest BCUT2D eigenvalue weighted by molar-refractivity contribution is 5.60. The topological polar surface area (TPSA) is 35.5 Å². The van der Waals surface area contributed by atoms with Gasteiger partial charge in [0, 0.05) is 0 Å². The van der Waals surface area contributed by atoms with E-state index in [1.165, 1.54) is 13.2 Å². The van der Waals surface area contributed by atoms with E-state index < -0.39 is 12.3 Å². The minimum atomic E-state index is -0.762. The molecule has 0 radical (unpaired) electrons. The molecule has 0 aromatic heterocycles. The van der Waals surface area contributed by atoms with E-state index in [9.17, 15) is 4.79 Å².